The minimum atomic E-state index is -0.723. The number of nitrogens with zero attached hydrogens (tertiary/aromatic N) is 4. The second-order valence-corrected chi connectivity index (χ2v) is 6.82. The van der Waals surface area contributed by atoms with Gasteiger partial charge in [-0.05, 0) is 32.0 Å². The highest BCUT2D eigenvalue weighted by molar-refractivity contribution is 5.99. The van der Waals surface area contributed by atoms with Gasteiger partial charge in [0.1, 0.15) is 6.04 Å². The fourth-order valence-corrected chi connectivity index (χ4v) is 2.97. The van der Waals surface area contributed by atoms with E-state index in [1.165, 1.54) is 6.92 Å². The van der Waals surface area contributed by atoms with Crippen LogP contribution in [0.2, 0.25) is 0 Å². The van der Waals surface area contributed by atoms with Crippen LogP contribution in [0.25, 0.3) is 0 Å². The summed E-state index contributed by atoms with van der Waals surface area (Å²) in [4.78, 5) is 48.5. The number of hydrogen-bond acceptors (Lipinski definition) is 6. The van der Waals surface area contributed by atoms with E-state index in [4.69, 9.17) is 0 Å². The van der Waals surface area contributed by atoms with E-state index in [1.54, 1.807) is 54.5 Å². The predicted molar refractivity (Wildman–Crippen MR) is 109 cm³/mol. The van der Waals surface area contributed by atoms with Crippen molar-refractivity contribution in [1.29, 1.82) is 0 Å². The number of piperazine rings is 1. The lowest BCUT2D eigenvalue weighted by molar-refractivity contribution is -0.117. The largest absolute Gasteiger partial charge is 0.337 e. The van der Waals surface area contributed by atoms with Crippen molar-refractivity contribution in [2.24, 2.45) is 0 Å². The molecule has 0 unspecified atom stereocenters. The van der Waals surface area contributed by atoms with Gasteiger partial charge in [-0.2, -0.15) is 0 Å². The standard InChI is InChI=1S/C20H24N6O3/c1-14(18(28)24-17-6-3-5-16(13-17)15(2)27)23-20(29)26-11-9-25(10-12-26)19-21-7-4-8-22-19/h3-8,13-14H,9-12H2,1-2H3,(H,23,29)(H,24,28)/t14-/m1/s1. The number of urea groups is 1. The van der Waals surface area contributed by atoms with Crippen molar-refractivity contribution < 1.29 is 14.4 Å². The fraction of sp³-hybridized carbons (Fsp3) is 0.350. The number of rotatable bonds is 5. The molecule has 0 aliphatic carbocycles. The van der Waals surface area contributed by atoms with Crippen molar-refractivity contribution in [2.75, 3.05) is 36.4 Å². The van der Waals surface area contributed by atoms with Gasteiger partial charge in [-0.25, -0.2) is 14.8 Å². The molecule has 2 N–H and O–H groups in total. The number of nitrogens with one attached hydrogen (secondary N) is 2. The van der Waals surface area contributed by atoms with Crippen LogP contribution in [0.4, 0.5) is 16.4 Å². The summed E-state index contributed by atoms with van der Waals surface area (Å²) < 4.78 is 0. The number of Topliss-reactive ketones (excluding diaryl/α,β-unsaturated/α-hetero) is 1. The molecule has 29 heavy (non-hydrogen) atoms. The Balaban J connectivity index is 1.49. The summed E-state index contributed by atoms with van der Waals surface area (Å²) in [6, 6.07) is 7.44. The molecule has 1 aliphatic heterocycles. The van der Waals surface area contributed by atoms with Gasteiger partial charge in [-0.15, -0.1) is 0 Å². The van der Waals surface area contributed by atoms with Gasteiger partial charge in [0.2, 0.25) is 11.9 Å². The van der Waals surface area contributed by atoms with E-state index in [0.717, 1.165) is 0 Å². The second-order valence-electron chi connectivity index (χ2n) is 6.82. The topological polar surface area (TPSA) is 108 Å². The SMILES string of the molecule is CC(=O)c1cccc(NC(=O)[C@@H](C)NC(=O)N2CCN(c3ncccn3)CC2)c1. The normalized spacial score (nSPS) is 14.8. The maximum absolute atomic E-state index is 12.5. The molecular weight excluding hydrogens is 372 g/mol. The molecule has 3 amide bonds. The maximum Gasteiger partial charge on any atom is 0.318 e. The van der Waals surface area contributed by atoms with Gasteiger partial charge in [-0.1, -0.05) is 12.1 Å². The van der Waals surface area contributed by atoms with Crippen LogP contribution in [0, 0.1) is 0 Å². The highest BCUT2D eigenvalue weighted by Crippen LogP contribution is 2.12. The quantitative estimate of drug-likeness (QED) is 0.743. The first-order valence-corrected chi connectivity index (χ1v) is 9.43. The van der Waals surface area contributed by atoms with Gasteiger partial charge in [0.15, 0.2) is 5.78 Å². The summed E-state index contributed by atoms with van der Waals surface area (Å²) in [5.74, 6) is 0.214. The molecule has 1 saturated heterocycles. The third-order valence-electron chi connectivity index (χ3n) is 4.67. The molecule has 0 saturated carbocycles. The number of hydrogen-bond donors (Lipinski definition) is 2. The second kappa shape index (κ2) is 9.13. The number of aromatic nitrogens is 2. The first-order valence-electron chi connectivity index (χ1n) is 9.43. The Kier molecular flexibility index (Phi) is 6.38. The van der Waals surface area contributed by atoms with Crippen LogP contribution < -0.4 is 15.5 Å². The summed E-state index contributed by atoms with van der Waals surface area (Å²) in [7, 11) is 0. The summed E-state index contributed by atoms with van der Waals surface area (Å²) in [5.41, 5.74) is 1.03. The molecule has 9 nitrogen and oxygen atoms in total. The van der Waals surface area contributed by atoms with Crippen molar-refractivity contribution in [3.8, 4) is 0 Å². The molecule has 0 spiro atoms. The van der Waals surface area contributed by atoms with Crippen molar-refractivity contribution in [2.45, 2.75) is 19.9 Å². The predicted octanol–water partition coefficient (Wildman–Crippen LogP) is 1.54. The lowest BCUT2D eigenvalue weighted by atomic mass is 10.1. The summed E-state index contributed by atoms with van der Waals surface area (Å²) in [6.45, 7) is 5.35. The minimum absolute atomic E-state index is 0.0810. The van der Waals surface area contributed by atoms with E-state index in [9.17, 15) is 14.4 Å². The average molecular weight is 396 g/mol. The van der Waals surface area contributed by atoms with E-state index in [-0.39, 0.29) is 17.7 Å². The van der Waals surface area contributed by atoms with Crippen molar-refractivity contribution in [3.05, 3.63) is 48.3 Å². The summed E-state index contributed by atoms with van der Waals surface area (Å²) >= 11 is 0. The van der Waals surface area contributed by atoms with E-state index in [0.29, 0.717) is 43.4 Å². The van der Waals surface area contributed by atoms with E-state index in [2.05, 4.69) is 20.6 Å². The zero-order chi connectivity index (χ0) is 20.8. The van der Waals surface area contributed by atoms with Crippen molar-refractivity contribution >= 4 is 29.4 Å². The molecule has 1 fully saturated rings. The number of anilines is 2. The molecular formula is C20H24N6O3. The zero-order valence-electron chi connectivity index (χ0n) is 16.5. The molecule has 2 heterocycles. The van der Waals surface area contributed by atoms with Gasteiger partial charge >= 0.3 is 6.03 Å². The van der Waals surface area contributed by atoms with Crippen LogP contribution >= 0.6 is 0 Å². The highest BCUT2D eigenvalue weighted by Gasteiger charge is 2.25. The lowest BCUT2D eigenvalue weighted by Crippen LogP contribution is -2.55. The van der Waals surface area contributed by atoms with Crippen LogP contribution in [-0.2, 0) is 4.79 Å². The number of carbonyl (C=O) groups excluding carboxylic acids is 3. The van der Waals surface area contributed by atoms with Gasteiger partial charge < -0.3 is 20.4 Å². The molecule has 1 aliphatic rings. The van der Waals surface area contributed by atoms with E-state index < -0.39 is 6.04 Å². The third-order valence-corrected chi connectivity index (χ3v) is 4.67. The summed E-state index contributed by atoms with van der Waals surface area (Å²) in [5, 5.41) is 5.44. The molecule has 0 radical (unpaired) electrons. The number of ketones is 1. The Morgan fingerprint density at radius 3 is 2.38 bits per heavy atom. The smallest absolute Gasteiger partial charge is 0.318 e. The van der Waals surface area contributed by atoms with Crippen LogP contribution in [0.3, 0.4) is 0 Å². The Bertz CT molecular complexity index is 881. The maximum atomic E-state index is 12.5. The molecule has 2 aromatic rings. The molecule has 9 heteroatoms. The van der Waals surface area contributed by atoms with Crippen molar-refractivity contribution in [3.63, 3.8) is 0 Å². The molecule has 1 aromatic carbocycles. The molecule has 1 aromatic heterocycles. The molecule has 152 valence electrons. The molecule has 0 bridgehead atoms. The Morgan fingerprint density at radius 2 is 1.72 bits per heavy atom. The third kappa shape index (κ3) is 5.28. The van der Waals surface area contributed by atoms with Gasteiger partial charge in [0.25, 0.3) is 0 Å². The fourth-order valence-electron chi connectivity index (χ4n) is 2.97. The molecule has 1 atom stereocenters. The molecule has 3 rings (SSSR count). The van der Waals surface area contributed by atoms with Gasteiger partial charge in [0.05, 0.1) is 0 Å². The number of amides is 3. The highest BCUT2D eigenvalue weighted by atomic mass is 16.2. The van der Waals surface area contributed by atoms with E-state index >= 15 is 0 Å². The van der Waals surface area contributed by atoms with E-state index in [1.807, 2.05) is 4.90 Å². The number of benzene rings is 1. The average Bonchev–Trinajstić information content (AvgIpc) is 2.74. The minimum Gasteiger partial charge on any atom is -0.337 e. The van der Waals surface area contributed by atoms with Crippen molar-refractivity contribution in [1.82, 2.24) is 20.2 Å². The number of carbonyl (C=O) groups is 3. The van der Waals surface area contributed by atoms with Crippen LogP contribution in [0.1, 0.15) is 24.2 Å². The Labute approximate surface area is 169 Å². The first-order chi connectivity index (χ1) is 13.9. The van der Waals surface area contributed by atoms with Crippen LogP contribution in [-0.4, -0.2) is 64.8 Å². The zero-order valence-corrected chi connectivity index (χ0v) is 16.5. The summed E-state index contributed by atoms with van der Waals surface area (Å²) in [6.07, 6.45) is 3.38. The van der Waals surface area contributed by atoms with Crippen LogP contribution in [0.15, 0.2) is 42.7 Å². The lowest BCUT2D eigenvalue weighted by Gasteiger charge is -2.35. The monoisotopic (exact) mass is 396 g/mol. The Hall–Kier alpha value is -3.49. The first kappa shape index (κ1) is 20.2. The van der Waals surface area contributed by atoms with Gasteiger partial charge in [-0.3, -0.25) is 9.59 Å². The Morgan fingerprint density at radius 1 is 1.03 bits per heavy atom. The van der Waals surface area contributed by atoms with Crippen LogP contribution in [0.5, 0.6) is 0 Å². The van der Waals surface area contributed by atoms with Gasteiger partial charge in [0, 0.05) is 49.8 Å².